The Kier molecular flexibility index (Phi) is 3.20. The monoisotopic (exact) mass is 275 g/mol. The summed E-state index contributed by atoms with van der Waals surface area (Å²) < 4.78 is 15.1. The quantitative estimate of drug-likeness (QED) is 0.801. The number of fused-ring (bicyclic) bond motifs is 1. The highest BCUT2D eigenvalue weighted by molar-refractivity contribution is 5.82. The van der Waals surface area contributed by atoms with Crippen molar-refractivity contribution in [2.24, 2.45) is 7.05 Å². The Morgan fingerprint density at radius 2 is 2.05 bits per heavy atom. The van der Waals surface area contributed by atoms with Crippen molar-refractivity contribution >= 4 is 16.8 Å². The van der Waals surface area contributed by atoms with Crippen LogP contribution in [0.15, 0.2) is 18.2 Å². The molecule has 106 valence electrons. The summed E-state index contributed by atoms with van der Waals surface area (Å²) in [4.78, 5) is 13.2. The Morgan fingerprint density at radius 3 is 2.70 bits per heavy atom. The summed E-state index contributed by atoms with van der Waals surface area (Å²) in [6.07, 6.45) is 1.84. The molecule has 0 bridgehead atoms. The third-order valence-corrected chi connectivity index (χ3v) is 4.17. The van der Waals surface area contributed by atoms with Gasteiger partial charge in [0.1, 0.15) is 5.82 Å². The zero-order valence-corrected chi connectivity index (χ0v) is 11.8. The molecule has 1 saturated heterocycles. The average Bonchev–Trinajstić information content (AvgIpc) is 2.76. The molecule has 3 rings (SSSR count). The maximum Gasteiger partial charge on any atom is 0.219 e. The van der Waals surface area contributed by atoms with Gasteiger partial charge < -0.3 is 4.90 Å². The summed E-state index contributed by atoms with van der Waals surface area (Å²) in [6.45, 7) is 3.16. The van der Waals surface area contributed by atoms with Crippen LogP contribution in [0.1, 0.15) is 31.4 Å². The van der Waals surface area contributed by atoms with Crippen molar-refractivity contribution in [2.45, 2.75) is 25.7 Å². The van der Waals surface area contributed by atoms with E-state index in [0.29, 0.717) is 5.92 Å². The van der Waals surface area contributed by atoms with Crippen molar-refractivity contribution in [3.63, 3.8) is 0 Å². The third kappa shape index (κ3) is 2.17. The van der Waals surface area contributed by atoms with Crippen molar-refractivity contribution in [1.82, 2.24) is 14.7 Å². The largest absolute Gasteiger partial charge is 0.343 e. The summed E-state index contributed by atoms with van der Waals surface area (Å²) >= 11 is 0. The van der Waals surface area contributed by atoms with Gasteiger partial charge in [0.25, 0.3) is 0 Å². The highest BCUT2D eigenvalue weighted by Crippen LogP contribution is 2.32. The second-order valence-corrected chi connectivity index (χ2v) is 5.45. The lowest BCUT2D eigenvalue weighted by Crippen LogP contribution is -2.36. The topological polar surface area (TPSA) is 38.1 Å². The van der Waals surface area contributed by atoms with E-state index in [-0.39, 0.29) is 11.7 Å². The van der Waals surface area contributed by atoms with Crippen molar-refractivity contribution in [3.8, 4) is 0 Å². The molecule has 1 aliphatic rings. The van der Waals surface area contributed by atoms with Gasteiger partial charge in [-0.2, -0.15) is 5.10 Å². The molecule has 20 heavy (non-hydrogen) atoms. The van der Waals surface area contributed by atoms with Gasteiger partial charge >= 0.3 is 0 Å². The highest BCUT2D eigenvalue weighted by Gasteiger charge is 2.25. The number of nitrogens with zero attached hydrogens (tertiary/aromatic N) is 3. The number of likely N-dealkylation sites (tertiary alicyclic amines) is 1. The Balaban J connectivity index is 1.90. The van der Waals surface area contributed by atoms with Crippen LogP contribution in [0.5, 0.6) is 0 Å². The van der Waals surface area contributed by atoms with Gasteiger partial charge in [-0.05, 0) is 31.0 Å². The number of hydrogen-bond acceptors (Lipinski definition) is 2. The van der Waals surface area contributed by atoms with Gasteiger partial charge in [0, 0.05) is 38.4 Å². The molecule has 1 aliphatic heterocycles. The van der Waals surface area contributed by atoms with Crippen LogP contribution in [0.4, 0.5) is 4.39 Å². The molecule has 0 saturated carbocycles. The fourth-order valence-corrected chi connectivity index (χ4v) is 3.03. The zero-order chi connectivity index (χ0) is 14.3. The molecule has 2 aromatic rings. The Labute approximate surface area is 117 Å². The number of halogens is 1. The number of carbonyl (C=O) groups is 1. The van der Waals surface area contributed by atoms with Gasteiger partial charge in [-0.3, -0.25) is 9.48 Å². The number of amides is 1. The molecular formula is C15H18FN3O. The molecule has 4 nitrogen and oxygen atoms in total. The molecule has 0 N–H and O–H groups in total. The molecule has 1 amide bonds. The number of rotatable bonds is 1. The first-order valence-electron chi connectivity index (χ1n) is 6.94. The van der Waals surface area contributed by atoms with Crippen molar-refractivity contribution in [2.75, 3.05) is 13.1 Å². The second-order valence-electron chi connectivity index (χ2n) is 5.45. The van der Waals surface area contributed by atoms with E-state index in [2.05, 4.69) is 5.10 Å². The molecule has 0 atom stereocenters. The maximum absolute atomic E-state index is 13.3. The summed E-state index contributed by atoms with van der Waals surface area (Å²) in [7, 11) is 1.84. The zero-order valence-electron chi connectivity index (χ0n) is 11.8. The SMILES string of the molecule is CC(=O)N1CCC(c2nn(C)c3cc(F)ccc23)CC1. The van der Waals surface area contributed by atoms with Crippen LogP contribution in [0, 0.1) is 5.82 Å². The third-order valence-electron chi connectivity index (χ3n) is 4.17. The normalized spacial score (nSPS) is 16.9. The van der Waals surface area contributed by atoms with Crippen LogP contribution in [0.2, 0.25) is 0 Å². The van der Waals surface area contributed by atoms with E-state index in [1.807, 2.05) is 18.0 Å². The summed E-state index contributed by atoms with van der Waals surface area (Å²) in [5, 5.41) is 5.59. The smallest absolute Gasteiger partial charge is 0.219 e. The fourth-order valence-electron chi connectivity index (χ4n) is 3.03. The minimum absolute atomic E-state index is 0.136. The van der Waals surface area contributed by atoms with Crippen LogP contribution in [0.25, 0.3) is 10.9 Å². The Bertz CT molecular complexity index is 656. The van der Waals surface area contributed by atoms with Crippen molar-refractivity contribution < 1.29 is 9.18 Å². The predicted molar refractivity (Wildman–Crippen MR) is 74.9 cm³/mol. The molecule has 1 aromatic carbocycles. The van der Waals surface area contributed by atoms with Gasteiger partial charge in [0.15, 0.2) is 0 Å². The minimum Gasteiger partial charge on any atom is -0.343 e. The molecule has 0 unspecified atom stereocenters. The van der Waals surface area contributed by atoms with Crippen LogP contribution in [-0.2, 0) is 11.8 Å². The van der Waals surface area contributed by atoms with E-state index in [1.54, 1.807) is 11.6 Å². The molecule has 0 spiro atoms. The van der Waals surface area contributed by atoms with Gasteiger partial charge in [-0.25, -0.2) is 4.39 Å². The van der Waals surface area contributed by atoms with Crippen LogP contribution >= 0.6 is 0 Å². The van der Waals surface area contributed by atoms with E-state index in [4.69, 9.17) is 0 Å². The van der Waals surface area contributed by atoms with E-state index < -0.39 is 0 Å². The van der Waals surface area contributed by atoms with E-state index in [0.717, 1.165) is 42.5 Å². The Morgan fingerprint density at radius 1 is 1.35 bits per heavy atom. The Hall–Kier alpha value is -1.91. The van der Waals surface area contributed by atoms with Crippen LogP contribution < -0.4 is 0 Å². The summed E-state index contributed by atoms with van der Waals surface area (Å²) in [5.74, 6) is 0.245. The molecule has 5 heteroatoms. The van der Waals surface area contributed by atoms with Gasteiger partial charge in [0.05, 0.1) is 11.2 Å². The highest BCUT2D eigenvalue weighted by atomic mass is 19.1. The fraction of sp³-hybridized carbons (Fsp3) is 0.467. The van der Waals surface area contributed by atoms with E-state index in [1.165, 1.54) is 12.1 Å². The molecule has 1 fully saturated rings. The van der Waals surface area contributed by atoms with Gasteiger partial charge in [0.2, 0.25) is 5.91 Å². The average molecular weight is 275 g/mol. The number of aryl methyl sites for hydroxylation is 1. The predicted octanol–water partition coefficient (Wildman–Crippen LogP) is 2.44. The lowest BCUT2D eigenvalue weighted by atomic mass is 9.91. The first-order valence-corrected chi connectivity index (χ1v) is 6.94. The van der Waals surface area contributed by atoms with Crippen molar-refractivity contribution in [1.29, 1.82) is 0 Å². The van der Waals surface area contributed by atoms with Crippen LogP contribution in [-0.4, -0.2) is 33.7 Å². The number of benzene rings is 1. The van der Waals surface area contributed by atoms with Gasteiger partial charge in [-0.15, -0.1) is 0 Å². The number of carbonyl (C=O) groups excluding carboxylic acids is 1. The maximum atomic E-state index is 13.3. The lowest BCUT2D eigenvalue weighted by Gasteiger charge is -2.30. The van der Waals surface area contributed by atoms with Crippen LogP contribution in [0.3, 0.4) is 0 Å². The summed E-state index contributed by atoms with van der Waals surface area (Å²) in [6, 6.07) is 4.82. The molecular weight excluding hydrogens is 257 g/mol. The molecule has 0 radical (unpaired) electrons. The number of aromatic nitrogens is 2. The number of piperidine rings is 1. The molecule has 0 aliphatic carbocycles. The molecule has 2 heterocycles. The van der Waals surface area contributed by atoms with E-state index >= 15 is 0 Å². The lowest BCUT2D eigenvalue weighted by molar-refractivity contribution is -0.129. The van der Waals surface area contributed by atoms with E-state index in [9.17, 15) is 9.18 Å². The standard InChI is InChI=1S/C15H18FN3O/c1-10(20)19-7-5-11(6-8-19)15-13-4-3-12(16)9-14(13)18(2)17-15/h3-4,9,11H,5-8H2,1-2H3. The number of hydrogen-bond donors (Lipinski definition) is 0. The molecule has 1 aromatic heterocycles. The first-order chi connectivity index (χ1) is 9.56. The summed E-state index contributed by atoms with van der Waals surface area (Å²) in [5.41, 5.74) is 1.86. The van der Waals surface area contributed by atoms with Gasteiger partial charge in [-0.1, -0.05) is 0 Å². The van der Waals surface area contributed by atoms with Crippen molar-refractivity contribution in [3.05, 3.63) is 29.7 Å². The second kappa shape index (κ2) is 4.89. The first kappa shape index (κ1) is 13.1. The minimum atomic E-state index is -0.238.